The Hall–Kier alpha value is -2.88. The molecule has 1 heterocycles. The molecular weight excluding hydrogens is 285 g/mol. The number of rotatable bonds is 4. The van der Waals surface area contributed by atoms with Gasteiger partial charge in [0.2, 0.25) is 5.52 Å². The maximum Gasteiger partial charge on any atom is 0.372 e. The number of anilines is 2. The highest BCUT2D eigenvalue weighted by Gasteiger charge is 2.29. The summed E-state index contributed by atoms with van der Waals surface area (Å²) in [4.78, 5) is 11.2. The van der Waals surface area contributed by atoms with E-state index in [2.05, 4.69) is 5.32 Å². The zero-order chi connectivity index (χ0) is 15.7. The van der Waals surface area contributed by atoms with E-state index in [4.69, 9.17) is 16.6 Å². The molecule has 0 aliphatic heterocycles. The summed E-state index contributed by atoms with van der Waals surface area (Å²) >= 11 is 0. The monoisotopic (exact) mass is 297 g/mol. The van der Waals surface area contributed by atoms with Gasteiger partial charge in [-0.3, -0.25) is 10.5 Å². The van der Waals surface area contributed by atoms with Gasteiger partial charge >= 0.3 is 17.4 Å². The lowest BCUT2D eigenvalue weighted by Gasteiger charge is -2.13. The van der Waals surface area contributed by atoms with Crippen LogP contribution in [0.2, 0.25) is 0 Å². The van der Waals surface area contributed by atoms with Crippen LogP contribution in [-0.4, -0.2) is 24.2 Å². The first-order valence-corrected chi connectivity index (χ1v) is 5.80. The average molecular weight is 297 g/mol. The maximum absolute atomic E-state index is 13.8. The Morgan fingerprint density at radius 1 is 1.33 bits per heavy atom. The summed E-state index contributed by atoms with van der Waals surface area (Å²) in [6.45, 7) is -0.202. The highest BCUT2D eigenvalue weighted by molar-refractivity contribution is 5.94. The molecule has 0 radical (unpaired) electrons. The Morgan fingerprint density at radius 3 is 2.52 bits per heavy atom. The van der Waals surface area contributed by atoms with Gasteiger partial charge in [-0.15, -0.1) is 4.73 Å². The number of carbonyl (C=O) groups excluding carboxylic acids is 1. The van der Waals surface area contributed by atoms with Crippen LogP contribution in [0.15, 0.2) is 12.1 Å². The molecule has 0 unspecified atom stereocenters. The zero-order valence-corrected chi connectivity index (χ0v) is 10.7. The number of nitrogens with two attached hydrogens (primary N) is 2. The van der Waals surface area contributed by atoms with E-state index in [9.17, 15) is 19.6 Å². The number of amides is 1. The molecule has 0 saturated heterocycles. The van der Waals surface area contributed by atoms with E-state index in [0.717, 1.165) is 12.1 Å². The van der Waals surface area contributed by atoms with Crippen molar-refractivity contribution in [3.05, 3.63) is 34.1 Å². The third-order valence-electron chi connectivity index (χ3n) is 2.83. The molecule has 1 aromatic heterocycles. The molecule has 10 heteroatoms. The zero-order valence-electron chi connectivity index (χ0n) is 10.7. The Bertz CT molecular complexity index is 737. The van der Waals surface area contributed by atoms with Crippen LogP contribution in [0.4, 0.5) is 15.9 Å². The molecule has 0 bridgehead atoms. The number of aliphatic hydroxyl groups is 1. The topological polar surface area (TPSA) is 155 Å². The van der Waals surface area contributed by atoms with Crippen LogP contribution in [0.5, 0.6) is 0 Å². The molecule has 0 atom stereocenters. The van der Waals surface area contributed by atoms with Crippen LogP contribution in [0.3, 0.4) is 0 Å². The van der Waals surface area contributed by atoms with E-state index in [1.165, 1.54) is 0 Å². The number of halogens is 1. The molecule has 0 aliphatic carbocycles. The number of hydrogen-bond donors (Lipinski definition) is 4. The van der Waals surface area contributed by atoms with E-state index >= 15 is 0 Å². The second kappa shape index (κ2) is 5.25. The van der Waals surface area contributed by atoms with Gasteiger partial charge in [0.1, 0.15) is 0 Å². The summed E-state index contributed by atoms with van der Waals surface area (Å²) in [5.41, 5.74) is 8.92. The summed E-state index contributed by atoms with van der Waals surface area (Å²) < 4.78 is 14.0. The fraction of sp³-hybridized carbons (Fsp3) is 0.182. The van der Waals surface area contributed by atoms with Crippen molar-refractivity contribution < 1.29 is 23.8 Å². The summed E-state index contributed by atoms with van der Waals surface area (Å²) in [5.74, 6) is -2.71. The number of fused-ring (bicyclic) bond motifs is 1. The smallest absolute Gasteiger partial charge is 0.372 e. The predicted octanol–water partition coefficient (Wildman–Crippen LogP) is -1.67. The largest absolute Gasteiger partial charge is 0.710 e. The second-order valence-electron chi connectivity index (χ2n) is 4.16. The lowest BCUT2D eigenvalue weighted by molar-refractivity contribution is -0.620. The standard InChI is InChI=1S/C11H12FN5O4/c12-5-3-7-8(4-6(5)15-1-2-18)17(21)10(13)9(11(14)19)16(7)20/h3-4,15,18H,1-2,13H2,(H2,14,19). The molecule has 9 nitrogen and oxygen atoms in total. The highest BCUT2D eigenvalue weighted by atomic mass is 19.1. The first-order chi connectivity index (χ1) is 9.88. The number of aliphatic hydroxyl groups excluding tert-OH is 1. The summed E-state index contributed by atoms with van der Waals surface area (Å²) in [6, 6.07) is 1.84. The number of nitrogens with zero attached hydrogens (tertiary/aromatic N) is 2. The lowest BCUT2D eigenvalue weighted by atomic mass is 10.2. The van der Waals surface area contributed by atoms with Crippen molar-refractivity contribution in [2.24, 2.45) is 5.73 Å². The van der Waals surface area contributed by atoms with Crippen molar-refractivity contribution >= 4 is 28.4 Å². The lowest BCUT2D eigenvalue weighted by Crippen LogP contribution is -2.47. The molecule has 1 amide bonds. The van der Waals surface area contributed by atoms with Crippen molar-refractivity contribution in [1.82, 2.24) is 0 Å². The first-order valence-electron chi connectivity index (χ1n) is 5.80. The molecule has 0 spiro atoms. The Balaban J connectivity index is 2.78. The molecular formula is C11H12FN5O4. The predicted molar refractivity (Wildman–Crippen MR) is 70.3 cm³/mol. The fourth-order valence-electron chi connectivity index (χ4n) is 1.88. The SMILES string of the molecule is NC(=O)c1c(N)[n+]([O-])c2cc(NCCO)c(F)cc2[n+]1[O-]. The van der Waals surface area contributed by atoms with Gasteiger partial charge in [-0.05, 0) is 0 Å². The van der Waals surface area contributed by atoms with Gasteiger partial charge in [-0.25, -0.2) is 9.12 Å². The van der Waals surface area contributed by atoms with Crippen molar-refractivity contribution in [3.63, 3.8) is 0 Å². The molecule has 112 valence electrons. The van der Waals surface area contributed by atoms with E-state index in [0.29, 0.717) is 0 Å². The van der Waals surface area contributed by atoms with Crippen molar-refractivity contribution in [2.75, 3.05) is 24.2 Å². The van der Waals surface area contributed by atoms with Crippen LogP contribution < -0.4 is 26.2 Å². The summed E-state index contributed by atoms with van der Waals surface area (Å²) in [7, 11) is 0. The Kier molecular flexibility index (Phi) is 3.63. The van der Waals surface area contributed by atoms with E-state index < -0.39 is 23.2 Å². The molecule has 2 aromatic rings. The average Bonchev–Trinajstić information content (AvgIpc) is 2.43. The molecule has 6 N–H and O–H groups in total. The number of hydrogen-bond acceptors (Lipinski definition) is 6. The molecule has 0 aliphatic rings. The normalized spacial score (nSPS) is 10.8. The maximum atomic E-state index is 13.8. The molecule has 2 rings (SSSR count). The number of nitrogen functional groups attached to an aromatic ring is 1. The van der Waals surface area contributed by atoms with Gasteiger partial charge in [0, 0.05) is 12.6 Å². The van der Waals surface area contributed by atoms with Crippen LogP contribution in [0, 0.1) is 16.2 Å². The van der Waals surface area contributed by atoms with E-state index in [-0.39, 0.29) is 39.3 Å². The van der Waals surface area contributed by atoms with Crippen LogP contribution in [0.25, 0.3) is 11.0 Å². The second-order valence-corrected chi connectivity index (χ2v) is 4.16. The molecule has 0 fully saturated rings. The third kappa shape index (κ3) is 2.31. The Labute approximate surface area is 117 Å². The van der Waals surface area contributed by atoms with Gasteiger partial charge in [-0.1, -0.05) is 0 Å². The fourth-order valence-corrected chi connectivity index (χ4v) is 1.88. The third-order valence-corrected chi connectivity index (χ3v) is 2.83. The van der Waals surface area contributed by atoms with E-state index in [1.54, 1.807) is 0 Å². The molecule has 21 heavy (non-hydrogen) atoms. The minimum absolute atomic E-state index is 0.0142. The number of carbonyl (C=O) groups is 1. The van der Waals surface area contributed by atoms with Crippen molar-refractivity contribution in [3.8, 4) is 0 Å². The van der Waals surface area contributed by atoms with Crippen LogP contribution >= 0.6 is 0 Å². The molecule has 0 saturated carbocycles. The van der Waals surface area contributed by atoms with Gasteiger partial charge in [0.05, 0.1) is 18.4 Å². The number of primary amides is 1. The summed E-state index contributed by atoms with van der Waals surface area (Å²) in [5, 5.41) is 35.2. The van der Waals surface area contributed by atoms with E-state index in [1.807, 2.05) is 0 Å². The van der Waals surface area contributed by atoms with Gasteiger partial charge in [0.15, 0.2) is 5.82 Å². The van der Waals surface area contributed by atoms with Gasteiger partial charge in [0.25, 0.3) is 5.52 Å². The van der Waals surface area contributed by atoms with Crippen molar-refractivity contribution in [2.45, 2.75) is 0 Å². The number of benzene rings is 1. The first kappa shape index (κ1) is 14.5. The minimum Gasteiger partial charge on any atom is -0.710 e. The summed E-state index contributed by atoms with van der Waals surface area (Å²) in [6.07, 6.45) is 0. The van der Waals surface area contributed by atoms with Gasteiger partial charge < -0.3 is 26.6 Å². The minimum atomic E-state index is -1.20. The van der Waals surface area contributed by atoms with Crippen LogP contribution in [0.1, 0.15) is 10.5 Å². The highest BCUT2D eigenvalue weighted by Crippen LogP contribution is 2.20. The quantitative estimate of drug-likeness (QED) is 0.390. The van der Waals surface area contributed by atoms with Gasteiger partial charge in [-0.2, -0.15) is 0 Å². The number of nitrogens with one attached hydrogen (secondary N) is 1. The van der Waals surface area contributed by atoms with Crippen LogP contribution in [-0.2, 0) is 0 Å². The number of aromatic nitrogens is 2. The molecule has 1 aromatic carbocycles. The Morgan fingerprint density at radius 2 is 1.95 bits per heavy atom. The van der Waals surface area contributed by atoms with Crippen molar-refractivity contribution in [1.29, 1.82) is 0 Å².